The average Bonchev–Trinajstić information content (AvgIpc) is 3.27. The smallest absolute Gasteiger partial charge is 0.338 e. The van der Waals surface area contributed by atoms with Crippen molar-refractivity contribution >= 4 is 27.8 Å². The molecule has 0 aliphatic carbocycles. The molecule has 140 valence electrons. The third-order valence-electron chi connectivity index (χ3n) is 4.93. The van der Waals surface area contributed by atoms with E-state index in [4.69, 9.17) is 14.2 Å². The Labute approximate surface area is 165 Å². The van der Waals surface area contributed by atoms with Gasteiger partial charge in [-0.15, -0.1) is 0 Å². The Morgan fingerprint density at radius 1 is 1.19 bits per heavy atom. The van der Waals surface area contributed by atoms with E-state index in [1.165, 1.54) is 0 Å². The number of rotatable bonds is 4. The number of likely N-dealkylation sites (N-methyl/N-ethyl adjacent to an activating group) is 1. The largest absolute Gasteiger partial charge is 0.454 e. The fourth-order valence-electron chi connectivity index (χ4n) is 3.41. The number of ether oxygens (including phenoxy) is 3. The van der Waals surface area contributed by atoms with Gasteiger partial charge >= 0.3 is 5.97 Å². The van der Waals surface area contributed by atoms with Crippen LogP contribution in [0.15, 0.2) is 46.9 Å². The molecule has 2 aliphatic heterocycles. The number of fused-ring (bicyclic) bond motifs is 1. The third kappa shape index (κ3) is 3.51. The van der Waals surface area contributed by atoms with Crippen LogP contribution in [0.1, 0.15) is 34.9 Å². The van der Waals surface area contributed by atoms with Gasteiger partial charge in [0.1, 0.15) is 6.10 Å². The summed E-state index contributed by atoms with van der Waals surface area (Å²) >= 11 is 3.36. The molecular formula is C20H18BrNO5. The van der Waals surface area contributed by atoms with Gasteiger partial charge in [0.15, 0.2) is 11.5 Å². The number of hydrogen-bond donors (Lipinski definition) is 0. The van der Waals surface area contributed by atoms with Crippen LogP contribution >= 0.6 is 15.9 Å². The molecule has 1 saturated heterocycles. The normalized spacial score (nSPS) is 19.3. The summed E-state index contributed by atoms with van der Waals surface area (Å²) < 4.78 is 17.6. The fraction of sp³-hybridized carbons (Fsp3) is 0.300. The lowest BCUT2D eigenvalue weighted by Crippen LogP contribution is -2.36. The monoisotopic (exact) mass is 431 g/mol. The SMILES string of the molecule is CN1C(=O)CC[C@@H]1[C@H](OC(=O)c1ccc(Br)cc1)c1ccc2c(c1)OCO2. The van der Waals surface area contributed by atoms with E-state index < -0.39 is 12.1 Å². The molecule has 27 heavy (non-hydrogen) atoms. The van der Waals surface area contributed by atoms with Crippen LogP contribution < -0.4 is 9.47 Å². The molecule has 0 spiro atoms. The standard InChI is InChI=1S/C20H18BrNO5/c1-22-15(7-9-18(22)23)19(13-4-8-16-17(10-13)26-11-25-16)27-20(24)12-2-5-14(21)6-3-12/h2-6,8,10,15,19H,7,9,11H2,1H3/t15-,19-/m1/s1. The van der Waals surface area contributed by atoms with Crippen molar-refractivity contribution in [2.45, 2.75) is 25.0 Å². The number of esters is 1. The highest BCUT2D eigenvalue weighted by atomic mass is 79.9. The second kappa shape index (κ2) is 7.23. The van der Waals surface area contributed by atoms with E-state index in [1.807, 2.05) is 12.1 Å². The first-order valence-electron chi connectivity index (χ1n) is 8.64. The number of nitrogens with zero attached hydrogens (tertiary/aromatic N) is 1. The summed E-state index contributed by atoms with van der Waals surface area (Å²) in [4.78, 5) is 26.4. The molecule has 0 N–H and O–H groups in total. The average molecular weight is 432 g/mol. The van der Waals surface area contributed by atoms with Crippen molar-refractivity contribution < 1.29 is 23.8 Å². The second-order valence-electron chi connectivity index (χ2n) is 6.56. The number of carbonyl (C=O) groups excluding carboxylic acids is 2. The number of carbonyl (C=O) groups is 2. The number of amides is 1. The summed E-state index contributed by atoms with van der Waals surface area (Å²) in [5.41, 5.74) is 1.23. The van der Waals surface area contributed by atoms with Gasteiger partial charge in [0.05, 0.1) is 11.6 Å². The summed E-state index contributed by atoms with van der Waals surface area (Å²) in [6.07, 6.45) is 0.479. The zero-order chi connectivity index (χ0) is 19.0. The molecule has 2 heterocycles. The minimum atomic E-state index is -0.591. The Hall–Kier alpha value is -2.54. The summed E-state index contributed by atoms with van der Waals surface area (Å²) in [7, 11) is 1.74. The topological polar surface area (TPSA) is 65.1 Å². The van der Waals surface area contributed by atoms with Crippen molar-refractivity contribution in [1.29, 1.82) is 0 Å². The van der Waals surface area contributed by atoms with Crippen molar-refractivity contribution in [2.75, 3.05) is 13.8 Å². The zero-order valence-corrected chi connectivity index (χ0v) is 16.3. The quantitative estimate of drug-likeness (QED) is 0.690. The van der Waals surface area contributed by atoms with Crippen LogP contribution in [0, 0.1) is 0 Å². The van der Waals surface area contributed by atoms with Gasteiger partial charge in [0, 0.05) is 17.9 Å². The van der Waals surface area contributed by atoms with Crippen LogP contribution in [0.4, 0.5) is 0 Å². The molecule has 4 rings (SSSR count). The van der Waals surface area contributed by atoms with E-state index in [2.05, 4.69) is 15.9 Å². The zero-order valence-electron chi connectivity index (χ0n) is 14.7. The lowest BCUT2D eigenvalue weighted by molar-refractivity contribution is -0.129. The van der Waals surface area contributed by atoms with Crippen molar-refractivity contribution in [3.05, 3.63) is 58.1 Å². The van der Waals surface area contributed by atoms with Crippen LogP contribution in [0.2, 0.25) is 0 Å². The second-order valence-corrected chi connectivity index (χ2v) is 7.47. The highest BCUT2D eigenvalue weighted by molar-refractivity contribution is 9.10. The van der Waals surface area contributed by atoms with E-state index in [0.717, 1.165) is 10.0 Å². The highest BCUT2D eigenvalue weighted by Crippen LogP contribution is 2.39. The molecule has 2 aliphatic rings. The van der Waals surface area contributed by atoms with Gasteiger partial charge in [0.2, 0.25) is 12.7 Å². The molecule has 2 atom stereocenters. The van der Waals surface area contributed by atoms with E-state index in [9.17, 15) is 9.59 Å². The maximum atomic E-state index is 12.7. The molecular weight excluding hydrogens is 414 g/mol. The van der Waals surface area contributed by atoms with Crippen LogP contribution in [0.3, 0.4) is 0 Å². The fourth-order valence-corrected chi connectivity index (χ4v) is 3.67. The number of hydrogen-bond acceptors (Lipinski definition) is 5. The van der Waals surface area contributed by atoms with E-state index >= 15 is 0 Å². The molecule has 0 radical (unpaired) electrons. The molecule has 0 aromatic heterocycles. The lowest BCUT2D eigenvalue weighted by atomic mass is 9.99. The van der Waals surface area contributed by atoms with Crippen molar-refractivity contribution in [2.24, 2.45) is 0 Å². The lowest BCUT2D eigenvalue weighted by Gasteiger charge is -2.29. The minimum Gasteiger partial charge on any atom is -0.454 e. The molecule has 0 unspecified atom stereocenters. The van der Waals surface area contributed by atoms with E-state index in [0.29, 0.717) is 29.9 Å². The van der Waals surface area contributed by atoms with E-state index in [1.54, 1.807) is 42.3 Å². The molecule has 6 nitrogen and oxygen atoms in total. The minimum absolute atomic E-state index is 0.0467. The van der Waals surface area contributed by atoms with E-state index in [-0.39, 0.29) is 18.7 Å². The van der Waals surface area contributed by atoms with Gasteiger partial charge in [-0.25, -0.2) is 4.79 Å². The van der Waals surface area contributed by atoms with Gasteiger partial charge in [0.25, 0.3) is 0 Å². The Kier molecular flexibility index (Phi) is 4.78. The maximum Gasteiger partial charge on any atom is 0.338 e. The molecule has 7 heteroatoms. The van der Waals surface area contributed by atoms with Crippen LogP contribution in [-0.4, -0.2) is 36.7 Å². The maximum absolute atomic E-state index is 12.7. The summed E-state index contributed by atoms with van der Waals surface area (Å²) in [6.45, 7) is 0.171. The number of halogens is 1. The third-order valence-corrected chi connectivity index (χ3v) is 5.46. The first kappa shape index (κ1) is 17.9. The van der Waals surface area contributed by atoms with Gasteiger partial charge in [-0.2, -0.15) is 0 Å². The Balaban J connectivity index is 1.65. The van der Waals surface area contributed by atoms with Crippen molar-refractivity contribution in [1.82, 2.24) is 4.90 Å². The molecule has 0 bridgehead atoms. The van der Waals surface area contributed by atoms with Crippen molar-refractivity contribution in [3.63, 3.8) is 0 Å². The van der Waals surface area contributed by atoms with Crippen LogP contribution in [0.25, 0.3) is 0 Å². The molecule has 2 aromatic carbocycles. The Morgan fingerprint density at radius 3 is 2.63 bits per heavy atom. The molecule has 2 aromatic rings. The first-order valence-corrected chi connectivity index (χ1v) is 9.44. The number of benzene rings is 2. The predicted octanol–water partition coefficient (Wildman–Crippen LogP) is 3.70. The summed E-state index contributed by atoms with van der Waals surface area (Å²) in [5, 5.41) is 0. The van der Waals surface area contributed by atoms with Crippen LogP contribution in [-0.2, 0) is 9.53 Å². The summed E-state index contributed by atoms with van der Waals surface area (Å²) in [5.74, 6) is 0.889. The molecule has 0 saturated carbocycles. The van der Waals surface area contributed by atoms with Gasteiger partial charge in [-0.3, -0.25) is 4.79 Å². The Morgan fingerprint density at radius 2 is 1.93 bits per heavy atom. The molecule has 1 amide bonds. The van der Waals surface area contributed by atoms with Crippen molar-refractivity contribution in [3.8, 4) is 11.5 Å². The highest BCUT2D eigenvalue weighted by Gasteiger charge is 2.38. The number of likely N-dealkylation sites (tertiary alicyclic amines) is 1. The van der Waals surface area contributed by atoms with Gasteiger partial charge in [-0.1, -0.05) is 22.0 Å². The van der Waals surface area contributed by atoms with Gasteiger partial charge in [-0.05, 0) is 48.4 Å². The summed E-state index contributed by atoms with van der Waals surface area (Å²) in [6, 6.07) is 12.2. The molecule has 1 fully saturated rings. The predicted molar refractivity (Wildman–Crippen MR) is 101 cm³/mol. The Bertz CT molecular complexity index is 882. The van der Waals surface area contributed by atoms with Gasteiger partial charge < -0.3 is 19.1 Å². The van der Waals surface area contributed by atoms with Crippen LogP contribution in [0.5, 0.6) is 11.5 Å². The first-order chi connectivity index (χ1) is 13.0.